The largest absolute Gasteiger partial charge is 0.334 e. The Kier molecular flexibility index (Phi) is 4.38. The van der Waals surface area contributed by atoms with E-state index in [2.05, 4.69) is 15.1 Å². The lowest BCUT2D eigenvalue weighted by molar-refractivity contribution is 0.432. The van der Waals surface area contributed by atoms with Crippen LogP contribution in [-0.2, 0) is 6.54 Å². The molecule has 0 aliphatic carbocycles. The van der Waals surface area contributed by atoms with Crippen LogP contribution in [-0.4, -0.2) is 19.7 Å². The highest BCUT2D eigenvalue weighted by Crippen LogP contribution is 2.22. The van der Waals surface area contributed by atoms with Crippen molar-refractivity contribution in [2.24, 2.45) is 0 Å². The molecule has 6 nitrogen and oxygen atoms in total. The fraction of sp³-hybridized carbons (Fsp3) is 0.143. The molecule has 3 aromatic heterocycles. The first-order valence-corrected chi connectivity index (χ1v) is 8.62. The fourth-order valence-corrected chi connectivity index (χ4v) is 2.89. The molecule has 134 valence electrons. The van der Waals surface area contributed by atoms with E-state index < -0.39 is 0 Å². The van der Waals surface area contributed by atoms with Gasteiger partial charge >= 0.3 is 0 Å². The van der Waals surface area contributed by atoms with Gasteiger partial charge in [-0.2, -0.15) is 4.98 Å². The smallest absolute Gasteiger partial charge is 0.259 e. The third-order valence-electron chi connectivity index (χ3n) is 4.39. The van der Waals surface area contributed by atoms with Crippen molar-refractivity contribution in [1.82, 2.24) is 19.7 Å². The van der Waals surface area contributed by atoms with Crippen molar-refractivity contribution in [3.8, 4) is 22.8 Å². The average Bonchev–Trinajstić information content (AvgIpc) is 3.15. The highest BCUT2D eigenvalue weighted by molar-refractivity contribution is 5.59. The van der Waals surface area contributed by atoms with Crippen molar-refractivity contribution in [3.05, 3.63) is 88.1 Å². The van der Waals surface area contributed by atoms with Crippen LogP contribution in [0.25, 0.3) is 22.8 Å². The summed E-state index contributed by atoms with van der Waals surface area (Å²) in [6.07, 6.45) is 3.48. The summed E-state index contributed by atoms with van der Waals surface area (Å²) in [5.41, 5.74) is 4.50. The standard InChI is InChI=1S/C21H18N4O2/c1-14-5-3-6-16(11-14)20-23-21(27-24-20)18-8-9-19(26)25(13-18)12-17-7-4-10-22-15(17)2/h3-11,13H,12H2,1-2H3. The summed E-state index contributed by atoms with van der Waals surface area (Å²) < 4.78 is 7.05. The first-order valence-electron chi connectivity index (χ1n) is 8.62. The minimum atomic E-state index is -0.0968. The number of benzene rings is 1. The molecular formula is C21H18N4O2. The monoisotopic (exact) mass is 358 g/mol. The minimum absolute atomic E-state index is 0.0968. The van der Waals surface area contributed by atoms with Gasteiger partial charge in [0.1, 0.15) is 0 Å². The van der Waals surface area contributed by atoms with Crippen molar-refractivity contribution >= 4 is 0 Å². The summed E-state index contributed by atoms with van der Waals surface area (Å²) in [4.78, 5) is 21.0. The molecule has 4 aromatic rings. The van der Waals surface area contributed by atoms with Crippen LogP contribution in [0, 0.1) is 13.8 Å². The summed E-state index contributed by atoms with van der Waals surface area (Å²) >= 11 is 0. The van der Waals surface area contributed by atoms with Gasteiger partial charge in [-0.3, -0.25) is 9.78 Å². The van der Waals surface area contributed by atoms with Crippen molar-refractivity contribution in [1.29, 1.82) is 0 Å². The summed E-state index contributed by atoms with van der Waals surface area (Å²) in [6.45, 7) is 4.38. The third-order valence-corrected chi connectivity index (χ3v) is 4.39. The Morgan fingerprint density at radius 3 is 2.74 bits per heavy atom. The molecule has 4 rings (SSSR count). The van der Waals surface area contributed by atoms with Crippen LogP contribution in [0.15, 0.2) is 70.2 Å². The molecule has 0 fully saturated rings. The quantitative estimate of drug-likeness (QED) is 0.557. The fourth-order valence-electron chi connectivity index (χ4n) is 2.89. The second-order valence-electron chi connectivity index (χ2n) is 6.42. The predicted octanol–water partition coefficient (Wildman–Crippen LogP) is 3.63. The lowest BCUT2D eigenvalue weighted by atomic mass is 10.1. The molecule has 0 radical (unpaired) electrons. The van der Waals surface area contributed by atoms with Crippen molar-refractivity contribution < 1.29 is 4.52 Å². The third kappa shape index (κ3) is 3.55. The van der Waals surface area contributed by atoms with E-state index in [1.807, 2.05) is 50.2 Å². The lowest BCUT2D eigenvalue weighted by Gasteiger charge is -2.08. The zero-order valence-corrected chi connectivity index (χ0v) is 15.1. The normalized spacial score (nSPS) is 10.9. The Morgan fingerprint density at radius 1 is 1.04 bits per heavy atom. The summed E-state index contributed by atoms with van der Waals surface area (Å²) in [7, 11) is 0. The van der Waals surface area contributed by atoms with Crippen LogP contribution < -0.4 is 5.56 Å². The van der Waals surface area contributed by atoms with Gasteiger partial charge in [-0.15, -0.1) is 0 Å². The Bertz CT molecular complexity index is 1160. The molecule has 0 saturated carbocycles. The molecule has 3 heterocycles. The van der Waals surface area contributed by atoms with Crippen molar-refractivity contribution in [2.75, 3.05) is 0 Å². The number of hydrogen-bond donors (Lipinski definition) is 0. The number of nitrogens with zero attached hydrogens (tertiary/aromatic N) is 4. The van der Waals surface area contributed by atoms with E-state index in [4.69, 9.17) is 4.52 Å². The van der Waals surface area contributed by atoms with E-state index in [1.165, 1.54) is 6.07 Å². The molecule has 0 unspecified atom stereocenters. The van der Waals surface area contributed by atoms with Gasteiger partial charge in [-0.25, -0.2) is 0 Å². The number of hydrogen-bond acceptors (Lipinski definition) is 5. The molecule has 0 N–H and O–H groups in total. The van der Waals surface area contributed by atoms with Crippen molar-refractivity contribution in [2.45, 2.75) is 20.4 Å². The average molecular weight is 358 g/mol. The van der Waals surface area contributed by atoms with Crippen LogP contribution in [0.2, 0.25) is 0 Å². The maximum Gasteiger partial charge on any atom is 0.259 e. The van der Waals surface area contributed by atoms with Crippen LogP contribution in [0.1, 0.15) is 16.8 Å². The Morgan fingerprint density at radius 2 is 1.93 bits per heavy atom. The summed E-state index contributed by atoms with van der Waals surface area (Å²) in [5.74, 6) is 0.901. The van der Waals surface area contributed by atoms with Gasteiger partial charge in [-0.1, -0.05) is 35.0 Å². The van der Waals surface area contributed by atoms with Crippen LogP contribution >= 0.6 is 0 Å². The maximum absolute atomic E-state index is 12.3. The van der Waals surface area contributed by atoms with Gasteiger partial charge in [0, 0.05) is 29.7 Å². The molecule has 0 atom stereocenters. The van der Waals surface area contributed by atoms with Crippen LogP contribution in [0.3, 0.4) is 0 Å². The van der Waals surface area contributed by atoms with Crippen molar-refractivity contribution in [3.63, 3.8) is 0 Å². The van der Waals surface area contributed by atoms with Gasteiger partial charge in [0.05, 0.1) is 12.1 Å². The van der Waals surface area contributed by atoms with Gasteiger partial charge in [0.15, 0.2) is 0 Å². The predicted molar refractivity (Wildman–Crippen MR) is 102 cm³/mol. The topological polar surface area (TPSA) is 73.8 Å². The van der Waals surface area contributed by atoms with Gasteiger partial charge < -0.3 is 9.09 Å². The highest BCUT2D eigenvalue weighted by Gasteiger charge is 2.12. The number of rotatable bonds is 4. The molecule has 0 amide bonds. The molecule has 0 aliphatic heterocycles. The Labute approximate surface area is 156 Å². The molecule has 27 heavy (non-hydrogen) atoms. The van der Waals surface area contributed by atoms with Gasteiger partial charge in [0.25, 0.3) is 11.4 Å². The molecule has 1 aromatic carbocycles. The summed E-state index contributed by atoms with van der Waals surface area (Å²) in [5, 5.41) is 4.07. The summed E-state index contributed by atoms with van der Waals surface area (Å²) in [6, 6.07) is 14.9. The van der Waals surface area contributed by atoms with E-state index in [-0.39, 0.29) is 5.56 Å². The van der Waals surface area contributed by atoms with E-state index in [9.17, 15) is 4.79 Å². The lowest BCUT2D eigenvalue weighted by Crippen LogP contribution is -2.19. The van der Waals surface area contributed by atoms with E-state index >= 15 is 0 Å². The van der Waals surface area contributed by atoms with Crippen LogP contribution in [0.4, 0.5) is 0 Å². The number of aromatic nitrogens is 4. The second kappa shape index (κ2) is 6.99. The zero-order valence-electron chi connectivity index (χ0n) is 15.1. The maximum atomic E-state index is 12.3. The first-order chi connectivity index (χ1) is 13.1. The second-order valence-corrected chi connectivity index (χ2v) is 6.42. The minimum Gasteiger partial charge on any atom is -0.334 e. The zero-order chi connectivity index (χ0) is 18.8. The van der Waals surface area contributed by atoms with Gasteiger partial charge in [0.2, 0.25) is 5.82 Å². The molecule has 0 bridgehead atoms. The van der Waals surface area contributed by atoms with E-state index in [0.29, 0.717) is 23.8 Å². The number of aryl methyl sites for hydroxylation is 2. The van der Waals surface area contributed by atoms with E-state index in [0.717, 1.165) is 22.4 Å². The van der Waals surface area contributed by atoms with Gasteiger partial charge in [-0.05, 0) is 37.6 Å². The molecule has 0 spiro atoms. The SMILES string of the molecule is Cc1cccc(-c2noc(-c3ccc(=O)n(Cc4cccnc4C)c3)n2)c1. The highest BCUT2D eigenvalue weighted by atomic mass is 16.5. The molecule has 0 aliphatic rings. The number of pyridine rings is 2. The molecule has 0 saturated heterocycles. The van der Waals surface area contributed by atoms with Crippen LogP contribution in [0.5, 0.6) is 0 Å². The first kappa shape index (κ1) is 16.9. The van der Waals surface area contributed by atoms with E-state index in [1.54, 1.807) is 23.0 Å². The Balaban J connectivity index is 1.67. The Hall–Kier alpha value is -3.54. The molecule has 6 heteroatoms. The molecular weight excluding hydrogens is 340 g/mol.